The summed E-state index contributed by atoms with van der Waals surface area (Å²) in [7, 11) is 0. The number of carbonyl (C=O) groups is 1. The first-order chi connectivity index (χ1) is 16.1. The number of nitrogens with one attached hydrogen (secondary N) is 1. The normalized spacial score (nSPS) is 18.2. The van der Waals surface area contributed by atoms with Crippen molar-refractivity contribution in [3.8, 4) is 5.69 Å². The Kier molecular flexibility index (Phi) is 6.58. The number of aromatic nitrogens is 2. The van der Waals surface area contributed by atoms with Crippen LogP contribution < -0.4 is 5.43 Å². The Bertz CT molecular complexity index is 1180. The van der Waals surface area contributed by atoms with E-state index in [0.717, 1.165) is 67.6 Å². The first kappa shape index (κ1) is 22.3. The van der Waals surface area contributed by atoms with Crippen molar-refractivity contribution < 1.29 is 9.21 Å². The van der Waals surface area contributed by atoms with Crippen molar-refractivity contribution in [3.05, 3.63) is 69.4 Å². The molecule has 3 heterocycles. The number of halogens is 2. The van der Waals surface area contributed by atoms with Crippen LogP contribution in [0.4, 0.5) is 0 Å². The number of rotatable bonds is 4. The number of nitrogens with zero attached hydrogens (tertiary/aromatic N) is 3. The average molecular weight is 485 g/mol. The molecular weight excluding hydrogens is 459 g/mol. The van der Waals surface area contributed by atoms with Gasteiger partial charge in [-0.3, -0.25) is 10.2 Å². The maximum absolute atomic E-state index is 13.4. The molecule has 33 heavy (non-hydrogen) atoms. The molecule has 6 nitrogen and oxygen atoms in total. The van der Waals surface area contributed by atoms with Crippen LogP contribution in [-0.2, 0) is 6.42 Å². The van der Waals surface area contributed by atoms with Crippen LogP contribution in [0, 0.1) is 0 Å². The van der Waals surface area contributed by atoms with Gasteiger partial charge in [0.25, 0.3) is 5.91 Å². The number of furan rings is 1. The average Bonchev–Trinajstić information content (AvgIpc) is 3.37. The van der Waals surface area contributed by atoms with Gasteiger partial charge in [0.2, 0.25) is 0 Å². The smallest absolute Gasteiger partial charge is 0.286 e. The van der Waals surface area contributed by atoms with E-state index in [1.54, 1.807) is 29.3 Å². The van der Waals surface area contributed by atoms with Crippen LogP contribution in [0.25, 0.3) is 17.3 Å². The van der Waals surface area contributed by atoms with Crippen molar-refractivity contribution in [2.45, 2.75) is 44.9 Å². The highest BCUT2D eigenvalue weighted by Gasteiger charge is 2.30. The van der Waals surface area contributed by atoms with Crippen LogP contribution in [0.3, 0.4) is 0 Å². The molecule has 0 saturated carbocycles. The molecule has 5 rings (SSSR count). The van der Waals surface area contributed by atoms with Gasteiger partial charge >= 0.3 is 0 Å². The standard InChI is InChI=1S/C25H26Cl2N4O2/c26-19-8-9-22(21(27)15-19)31-24-18(14-17-10-13-33-16-17)6-5-7-20(24)23(28-31)25(32)29-30-11-3-1-2-4-12-30/h8-10,13-16H,1-7,11-12H2,(H,29,32). The van der Waals surface area contributed by atoms with E-state index in [9.17, 15) is 4.79 Å². The van der Waals surface area contributed by atoms with E-state index in [1.807, 2.05) is 17.1 Å². The van der Waals surface area contributed by atoms with Gasteiger partial charge in [-0.1, -0.05) is 36.0 Å². The molecule has 0 radical (unpaired) electrons. The second-order valence-corrected chi connectivity index (χ2v) is 9.45. The zero-order chi connectivity index (χ0) is 22.8. The molecule has 2 aliphatic rings. The van der Waals surface area contributed by atoms with Crippen LogP contribution in [0.5, 0.6) is 0 Å². The summed E-state index contributed by atoms with van der Waals surface area (Å²) in [6.45, 7) is 1.73. The predicted molar refractivity (Wildman–Crippen MR) is 131 cm³/mol. The van der Waals surface area contributed by atoms with Crippen molar-refractivity contribution in [3.63, 3.8) is 0 Å². The van der Waals surface area contributed by atoms with Crippen LogP contribution >= 0.6 is 23.2 Å². The van der Waals surface area contributed by atoms with Gasteiger partial charge in [0.05, 0.1) is 28.9 Å². The second kappa shape index (κ2) is 9.75. The van der Waals surface area contributed by atoms with Gasteiger partial charge in [-0.2, -0.15) is 5.10 Å². The fourth-order valence-electron chi connectivity index (χ4n) is 4.68. The molecule has 8 heteroatoms. The van der Waals surface area contributed by atoms with Crippen LogP contribution in [0.2, 0.25) is 10.0 Å². The number of hydrazine groups is 1. The number of carbonyl (C=O) groups excluding carboxylic acids is 1. The topological polar surface area (TPSA) is 63.3 Å². The molecule has 172 valence electrons. The van der Waals surface area contributed by atoms with Crippen molar-refractivity contribution in [1.29, 1.82) is 0 Å². The third-order valence-electron chi connectivity index (χ3n) is 6.26. The molecule has 1 saturated heterocycles. The molecule has 1 fully saturated rings. The van der Waals surface area contributed by atoms with Gasteiger partial charge in [-0.15, -0.1) is 0 Å². The number of fused-ring (bicyclic) bond motifs is 1. The highest BCUT2D eigenvalue weighted by Crippen LogP contribution is 2.37. The molecule has 1 aromatic carbocycles. The van der Waals surface area contributed by atoms with E-state index >= 15 is 0 Å². The van der Waals surface area contributed by atoms with Gasteiger partial charge in [-0.05, 0) is 68.0 Å². The molecule has 1 amide bonds. The van der Waals surface area contributed by atoms with Gasteiger partial charge in [0.1, 0.15) is 0 Å². The lowest BCUT2D eigenvalue weighted by Gasteiger charge is -2.21. The lowest BCUT2D eigenvalue weighted by Crippen LogP contribution is -2.43. The summed E-state index contributed by atoms with van der Waals surface area (Å²) in [4.78, 5) is 13.4. The number of amides is 1. The molecule has 0 atom stereocenters. The van der Waals surface area contributed by atoms with Crippen molar-refractivity contribution in [2.24, 2.45) is 0 Å². The highest BCUT2D eigenvalue weighted by atomic mass is 35.5. The maximum atomic E-state index is 13.4. The zero-order valence-electron chi connectivity index (χ0n) is 18.3. The van der Waals surface area contributed by atoms with Crippen molar-refractivity contribution in [2.75, 3.05) is 13.1 Å². The van der Waals surface area contributed by atoms with E-state index in [0.29, 0.717) is 21.4 Å². The molecule has 1 aliphatic heterocycles. The summed E-state index contributed by atoms with van der Waals surface area (Å²) < 4.78 is 7.06. The number of hydrogen-bond acceptors (Lipinski definition) is 4. The number of allylic oxidation sites excluding steroid dienone is 1. The first-order valence-corrected chi connectivity index (χ1v) is 12.2. The Labute approximate surface area is 203 Å². The van der Waals surface area contributed by atoms with E-state index in [1.165, 1.54) is 12.8 Å². The Hall–Kier alpha value is -2.54. The predicted octanol–water partition coefficient (Wildman–Crippen LogP) is 6.17. The number of hydrogen-bond donors (Lipinski definition) is 1. The van der Waals surface area contributed by atoms with Gasteiger partial charge < -0.3 is 4.42 Å². The second-order valence-electron chi connectivity index (χ2n) is 8.61. The summed E-state index contributed by atoms with van der Waals surface area (Å²) in [6.07, 6.45) is 12.7. The van der Waals surface area contributed by atoms with Gasteiger partial charge in [0, 0.05) is 29.2 Å². The highest BCUT2D eigenvalue weighted by molar-refractivity contribution is 6.35. The quantitative estimate of drug-likeness (QED) is 0.480. The molecular formula is C25H26Cl2N4O2. The summed E-state index contributed by atoms with van der Waals surface area (Å²) in [5.41, 5.74) is 8.21. The SMILES string of the molecule is O=C(NN1CCCCCC1)c1nn(-c2ccc(Cl)cc2Cl)c2c1CCCC2=Cc1ccoc1. The van der Waals surface area contributed by atoms with E-state index in [-0.39, 0.29) is 5.91 Å². The Morgan fingerprint density at radius 1 is 1.06 bits per heavy atom. The minimum atomic E-state index is -0.165. The minimum Gasteiger partial charge on any atom is -0.472 e. The van der Waals surface area contributed by atoms with Crippen LogP contribution in [0.1, 0.15) is 65.8 Å². The van der Waals surface area contributed by atoms with E-state index < -0.39 is 0 Å². The van der Waals surface area contributed by atoms with Crippen LogP contribution in [-0.4, -0.2) is 33.8 Å². The van der Waals surface area contributed by atoms with Crippen LogP contribution in [0.15, 0.2) is 41.2 Å². The Balaban J connectivity index is 1.59. The molecule has 2 aromatic heterocycles. The minimum absolute atomic E-state index is 0.165. The molecule has 3 aromatic rings. The third kappa shape index (κ3) is 4.74. The third-order valence-corrected chi connectivity index (χ3v) is 6.80. The van der Waals surface area contributed by atoms with Gasteiger partial charge in [0.15, 0.2) is 5.69 Å². The first-order valence-electron chi connectivity index (χ1n) is 11.5. The van der Waals surface area contributed by atoms with Gasteiger partial charge in [-0.25, -0.2) is 9.69 Å². The lowest BCUT2D eigenvalue weighted by atomic mass is 9.90. The van der Waals surface area contributed by atoms with Crippen molar-refractivity contribution in [1.82, 2.24) is 20.2 Å². The number of benzene rings is 1. The molecule has 0 bridgehead atoms. The summed E-state index contributed by atoms with van der Waals surface area (Å²) in [6, 6.07) is 7.25. The monoisotopic (exact) mass is 484 g/mol. The Morgan fingerprint density at radius 3 is 2.61 bits per heavy atom. The molecule has 1 aliphatic carbocycles. The largest absolute Gasteiger partial charge is 0.472 e. The Morgan fingerprint density at radius 2 is 1.88 bits per heavy atom. The summed E-state index contributed by atoms with van der Waals surface area (Å²) in [5, 5.41) is 7.88. The fourth-order valence-corrected chi connectivity index (χ4v) is 5.17. The molecule has 0 unspecified atom stereocenters. The molecule has 0 spiro atoms. The maximum Gasteiger partial charge on any atom is 0.286 e. The summed E-state index contributed by atoms with van der Waals surface area (Å²) in [5.74, 6) is -0.165. The fraction of sp³-hybridized carbons (Fsp3) is 0.360. The van der Waals surface area contributed by atoms with E-state index in [4.69, 9.17) is 32.7 Å². The lowest BCUT2D eigenvalue weighted by molar-refractivity contribution is 0.0787. The summed E-state index contributed by atoms with van der Waals surface area (Å²) >= 11 is 12.7. The van der Waals surface area contributed by atoms with Crippen molar-refractivity contribution >= 4 is 40.8 Å². The van der Waals surface area contributed by atoms with E-state index in [2.05, 4.69) is 11.5 Å². The molecule has 1 N–H and O–H groups in total. The zero-order valence-corrected chi connectivity index (χ0v) is 19.8.